The van der Waals surface area contributed by atoms with Gasteiger partial charge in [0.25, 0.3) is 5.91 Å². The third-order valence-corrected chi connectivity index (χ3v) is 4.45. The third-order valence-electron chi connectivity index (χ3n) is 4.45. The summed E-state index contributed by atoms with van der Waals surface area (Å²) in [4.78, 5) is 12.3. The molecule has 3 aromatic rings. The van der Waals surface area contributed by atoms with Gasteiger partial charge in [-0.2, -0.15) is 0 Å². The molecule has 5 nitrogen and oxygen atoms in total. The number of hydrogen-bond acceptors (Lipinski definition) is 4. The second kappa shape index (κ2) is 6.47. The van der Waals surface area contributed by atoms with Crippen LogP contribution in [0.4, 0.5) is 10.2 Å². The van der Waals surface area contributed by atoms with Gasteiger partial charge in [-0.25, -0.2) is 9.02 Å². The number of aromatic nitrogens is 2. The number of carbonyl (C=O) groups excluding carboxylic acids is 1. The zero-order valence-electron chi connectivity index (χ0n) is 13.5. The van der Waals surface area contributed by atoms with E-state index in [1.54, 1.807) is 0 Å². The molecule has 0 radical (unpaired) electrons. The largest absolute Gasteiger partial charge is 0.302 e. The fourth-order valence-corrected chi connectivity index (χ4v) is 3.12. The minimum atomic E-state index is -0.394. The van der Waals surface area contributed by atoms with Crippen molar-refractivity contribution in [3.63, 3.8) is 0 Å². The fraction of sp³-hybridized carbons (Fsp3) is 0.211. The van der Waals surface area contributed by atoms with Gasteiger partial charge in [0, 0.05) is 11.1 Å². The van der Waals surface area contributed by atoms with Crippen LogP contribution in [0.25, 0.3) is 11.3 Å². The van der Waals surface area contributed by atoms with Crippen molar-refractivity contribution < 1.29 is 13.8 Å². The lowest BCUT2D eigenvalue weighted by atomic mass is 9.90. The van der Waals surface area contributed by atoms with E-state index in [0.29, 0.717) is 11.3 Å². The van der Waals surface area contributed by atoms with Crippen LogP contribution < -0.4 is 5.32 Å². The molecule has 0 atom stereocenters. The van der Waals surface area contributed by atoms with Crippen LogP contribution in [0.1, 0.15) is 34.3 Å². The summed E-state index contributed by atoms with van der Waals surface area (Å²) >= 11 is 0. The summed E-state index contributed by atoms with van der Waals surface area (Å²) in [5.74, 6) is -0.533. The molecule has 0 saturated heterocycles. The smallest absolute Gasteiger partial charge is 0.256 e. The SMILES string of the molecule is O=C(Nc1nonc1-c1ccc2c(c1)CCCC2)c1ccc(F)cc1. The van der Waals surface area contributed by atoms with Crippen molar-refractivity contribution in [3.05, 3.63) is 65.0 Å². The standard InChI is InChI=1S/C19H16FN3O2/c20-16-9-7-13(8-10-16)19(24)21-18-17(22-25-23-18)15-6-5-12-3-1-2-4-14(12)11-15/h5-11H,1-4H2,(H,21,23,24). The Balaban J connectivity index is 1.60. The van der Waals surface area contributed by atoms with Crippen LogP contribution >= 0.6 is 0 Å². The Hall–Kier alpha value is -3.02. The van der Waals surface area contributed by atoms with Gasteiger partial charge in [0.15, 0.2) is 5.69 Å². The number of hydrogen-bond donors (Lipinski definition) is 1. The molecule has 1 amide bonds. The molecule has 0 spiro atoms. The summed E-state index contributed by atoms with van der Waals surface area (Å²) in [6, 6.07) is 11.5. The Bertz CT molecular complexity index is 919. The van der Waals surface area contributed by atoms with E-state index < -0.39 is 11.7 Å². The Morgan fingerprint density at radius 3 is 2.56 bits per heavy atom. The number of rotatable bonds is 3. The first-order chi connectivity index (χ1) is 12.2. The van der Waals surface area contributed by atoms with Gasteiger partial charge >= 0.3 is 0 Å². The van der Waals surface area contributed by atoms with Crippen LogP contribution in [-0.2, 0) is 12.8 Å². The molecule has 1 aliphatic rings. The molecule has 126 valence electrons. The van der Waals surface area contributed by atoms with Crippen molar-refractivity contribution >= 4 is 11.7 Å². The van der Waals surface area contributed by atoms with E-state index in [4.69, 9.17) is 4.63 Å². The van der Waals surface area contributed by atoms with E-state index in [-0.39, 0.29) is 5.82 Å². The lowest BCUT2D eigenvalue weighted by molar-refractivity contribution is 0.102. The third kappa shape index (κ3) is 3.15. The molecule has 0 aliphatic heterocycles. The van der Waals surface area contributed by atoms with Gasteiger partial charge in [0.05, 0.1) is 0 Å². The van der Waals surface area contributed by atoms with Crippen molar-refractivity contribution in [3.8, 4) is 11.3 Å². The van der Waals surface area contributed by atoms with E-state index >= 15 is 0 Å². The Morgan fingerprint density at radius 1 is 1.00 bits per heavy atom. The number of carbonyl (C=O) groups is 1. The highest BCUT2D eigenvalue weighted by atomic mass is 19.1. The molecule has 1 N–H and O–H groups in total. The maximum absolute atomic E-state index is 13.0. The molecule has 6 heteroatoms. The summed E-state index contributed by atoms with van der Waals surface area (Å²) in [5, 5.41) is 10.4. The molecule has 2 aromatic carbocycles. The summed E-state index contributed by atoms with van der Waals surface area (Å²) < 4.78 is 17.8. The van der Waals surface area contributed by atoms with E-state index in [9.17, 15) is 9.18 Å². The maximum Gasteiger partial charge on any atom is 0.256 e. The minimum Gasteiger partial charge on any atom is -0.302 e. The number of aryl methyl sites for hydroxylation is 2. The first kappa shape index (κ1) is 15.5. The molecule has 1 aromatic heterocycles. The van der Waals surface area contributed by atoms with Crippen LogP contribution in [0.15, 0.2) is 47.1 Å². The monoisotopic (exact) mass is 337 g/mol. The first-order valence-corrected chi connectivity index (χ1v) is 8.22. The number of nitrogens with zero attached hydrogens (tertiary/aromatic N) is 2. The Morgan fingerprint density at radius 2 is 1.76 bits per heavy atom. The average molecular weight is 337 g/mol. The Labute approximate surface area is 143 Å². The Kier molecular flexibility index (Phi) is 4.01. The predicted molar refractivity (Wildman–Crippen MR) is 90.7 cm³/mol. The molecular formula is C19H16FN3O2. The maximum atomic E-state index is 13.0. The molecule has 25 heavy (non-hydrogen) atoms. The second-order valence-corrected chi connectivity index (χ2v) is 6.11. The normalized spacial score (nSPS) is 13.3. The van der Waals surface area contributed by atoms with E-state index in [1.807, 2.05) is 6.07 Å². The predicted octanol–water partition coefficient (Wildman–Crippen LogP) is 4.01. The van der Waals surface area contributed by atoms with Crippen molar-refractivity contribution in [1.82, 2.24) is 10.3 Å². The highest BCUT2D eigenvalue weighted by Gasteiger charge is 2.18. The lowest BCUT2D eigenvalue weighted by Crippen LogP contribution is -2.13. The van der Waals surface area contributed by atoms with E-state index in [0.717, 1.165) is 18.4 Å². The highest BCUT2D eigenvalue weighted by Crippen LogP contribution is 2.30. The van der Waals surface area contributed by atoms with Crippen LogP contribution in [0.2, 0.25) is 0 Å². The first-order valence-electron chi connectivity index (χ1n) is 8.22. The van der Waals surface area contributed by atoms with Crippen molar-refractivity contribution in [1.29, 1.82) is 0 Å². The van der Waals surface area contributed by atoms with Gasteiger partial charge in [-0.1, -0.05) is 12.1 Å². The number of benzene rings is 2. The zero-order chi connectivity index (χ0) is 17.2. The summed E-state index contributed by atoms with van der Waals surface area (Å²) in [6.45, 7) is 0. The number of nitrogens with one attached hydrogen (secondary N) is 1. The van der Waals surface area contributed by atoms with Gasteiger partial charge < -0.3 is 5.32 Å². The van der Waals surface area contributed by atoms with Gasteiger partial charge in [0.2, 0.25) is 5.82 Å². The molecule has 0 unspecified atom stereocenters. The number of halogens is 1. The van der Waals surface area contributed by atoms with Crippen LogP contribution in [0.5, 0.6) is 0 Å². The van der Waals surface area contributed by atoms with Crippen molar-refractivity contribution in [2.75, 3.05) is 5.32 Å². The molecule has 0 saturated carbocycles. The minimum absolute atomic E-state index is 0.255. The zero-order valence-corrected chi connectivity index (χ0v) is 13.5. The quantitative estimate of drug-likeness (QED) is 0.784. The van der Waals surface area contributed by atoms with Crippen molar-refractivity contribution in [2.45, 2.75) is 25.7 Å². The summed E-state index contributed by atoms with van der Waals surface area (Å²) in [6.07, 6.45) is 4.55. The summed E-state index contributed by atoms with van der Waals surface area (Å²) in [5.41, 5.74) is 4.35. The molecule has 4 rings (SSSR count). The van der Waals surface area contributed by atoms with Gasteiger partial charge in [0.1, 0.15) is 5.82 Å². The van der Waals surface area contributed by atoms with Gasteiger partial charge in [-0.05, 0) is 77.5 Å². The van der Waals surface area contributed by atoms with E-state index in [1.165, 1.54) is 48.2 Å². The topological polar surface area (TPSA) is 68.0 Å². The number of amides is 1. The van der Waals surface area contributed by atoms with Crippen molar-refractivity contribution in [2.24, 2.45) is 0 Å². The van der Waals surface area contributed by atoms with Crippen LogP contribution in [-0.4, -0.2) is 16.2 Å². The van der Waals surface area contributed by atoms with Gasteiger partial charge in [-0.15, -0.1) is 0 Å². The van der Waals surface area contributed by atoms with E-state index in [2.05, 4.69) is 27.8 Å². The molecule has 1 heterocycles. The molecular weight excluding hydrogens is 321 g/mol. The number of fused-ring (bicyclic) bond motifs is 1. The van der Waals surface area contributed by atoms with Crippen LogP contribution in [0.3, 0.4) is 0 Å². The second-order valence-electron chi connectivity index (χ2n) is 6.11. The number of anilines is 1. The highest BCUT2D eigenvalue weighted by molar-refractivity contribution is 6.05. The molecule has 1 aliphatic carbocycles. The average Bonchev–Trinajstić information content (AvgIpc) is 3.10. The lowest BCUT2D eigenvalue weighted by Gasteiger charge is -2.16. The van der Waals surface area contributed by atoms with Crippen LogP contribution in [0, 0.1) is 5.82 Å². The molecule has 0 bridgehead atoms. The molecule has 0 fully saturated rings. The van der Waals surface area contributed by atoms with Gasteiger partial charge in [-0.3, -0.25) is 4.79 Å². The fourth-order valence-electron chi connectivity index (χ4n) is 3.12. The summed E-state index contributed by atoms with van der Waals surface area (Å²) in [7, 11) is 0.